The van der Waals surface area contributed by atoms with E-state index in [9.17, 15) is 8.78 Å². The van der Waals surface area contributed by atoms with Crippen LogP contribution in [0.1, 0.15) is 24.9 Å². The maximum atomic E-state index is 13.4. The number of nitrogens with two attached hydrogens (primary N) is 1. The van der Waals surface area contributed by atoms with E-state index in [1.165, 1.54) is 6.07 Å². The molecule has 2 unspecified atom stereocenters. The van der Waals surface area contributed by atoms with Gasteiger partial charge in [0.05, 0.1) is 4.47 Å². The predicted octanol–water partition coefficient (Wildman–Crippen LogP) is 3.40. The van der Waals surface area contributed by atoms with E-state index in [4.69, 9.17) is 10.5 Å². The second kappa shape index (κ2) is 6.42. The first-order chi connectivity index (χ1) is 7.99. The van der Waals surface area contributed by atoms with Crippen molar-refractivity contribution in [2.45, 2.75) is 19.4 Å². The fraction of sp³-hybridized carbons (Fsp3) is 0.500. The van der Waals surface area contributed by atoms with E-state index in [1.807, 2.05) is 6.92 Å². The lowest BCUT2D eigenvalue weighted by Crippen LogP contribution is -2.21. The molecule has 0 aliphatic rings. The summed E-state index contributed by atoms with van der Waals surface area (Å²) in [4.78, 5) is 0. The summed E-state index contributed by atoms with van der Waals surface area (Å²) in [6.45, 7) is 2.55. The highest BCUT2D eigenvalue weighted by Crippen LogP contribution is 2.31. The average molecular weight is 308 g/mol. The molecule has 0 heterocycles. The van der Waals surface area contributed by atoms with Crippen LogP contribution in [-0.2, 0) is 4.74 Å². The van der Waals surface area contributed by atoms with Crippen molar-refractivity contribution < 1.29 is 13.5 Å². The second-order valence-corrected chi connectivity index (χ2v) is 4.84. The SMILES string of the molecule is COCCC(C)C(N)c1ccc(F)c(F)c1Br. The minimum absolute atomic E-state index is 0.106. The van der Waals surface area contributed by atoms with Crippen molar-refractivity contribution in [3.8, 4) is 0 Å². The van der Waals surface area contributed by atoms with Crippen LogP contribution in [0.3, 0.4) is 0 Å². The first-order valence-electron chi connectivity index (χ1n) is 5.37. The van der Waals surface area contributed by atoms with Crippen molar-refractivity contribution in [1.29, 1.82) is 0 Å². The molecule has 1 aromatic carbocycles. The van der Waals surface area contributed by atoms with Crippen molar-refractivity contribution in [3.63, 3.8) is 0 Å². The third-order valence-corrected chi connectivity index (χ3v) is 3.62. The molecule has 1 aromatic rings. The van der Waals surface area contributed by atoms with Gasteiger partial charge in [0.2, 0.25) is 0 Å². The van der Waals surface area contributed by atoms with Crippen LogP contribution in [0.2, 0.25) is 0 Å². The summed E-state index contributed by atoms with van der Waals surface area (Å²) in [5.41, 5.74) is 6.60. The Bertz CT molecular complexity index is 387. The monoisotopic (exact) mass is 307 g/mol. The molecule has 0 aliphatic heterocycles. The quantitative estimate of drug-likeness (QED) is 0.846. The summed E-state index contributed by atoms with van der Waals surface area (Å²) < 4.78 is 31.4. The molecule has 2 atom stereocenters. The number of hydrogen-bond donors (Lipinski definition) is 1. The van der Waals surface area contributed by atoms with Crippen molar-refractivity contribution in [1.82, 2.24) is 0 Å². The Kier molecular flexibility index (Phi) is 5.49. The molecular formula is C12H16BrF2NO. The largest absolute Gasteiger partial charge is 0.385 e. The molecular weight excluding hydrogens is 292 g/mol. The van der Waals surface area contributed by atoms with Crippen LogP contribution >= 0.6 is 15.9 Å². The zero-order valence-electron chi connectivity index (χ0n) is 9.84. The predicted molar refractivity (Wildman–Crippen MR) is 66.6 cm³/mol. The van der Waals surface area contributed by atoms with Crippen LogP contribution in [0.25, 0.3) is 0 Å². The van der Waals surface area contributed by atoms with Gasteiger partial charge in [-0.25, -0.2) is 8.78 Å². The van der Waals surface area contributed by atoms with Crippen molar-refractivity contribution in [2.24, 2.45) is 11.7 Å². The molecule has 0 saturated heterocycles. The Labute approximate surface area is 108 Å². The van der Waals surface area contributed by atoms with Gasteiger partial charge in [-0.15, -0.1) is 0 Å². The molecule has 0 spiro atoms. The summed E-state index contributed by atoms with van der Waals surface area (Å²) in [6, 6.07) is 2.25. The third kappa shape index (κ3) is 3.47. The lowest BCUT2D eigenvalue weighted by molar-refractivity contribution is 0.174. The standard InChI is InChI=1S/C12H16BrF2NO/c1-7(5-6-17-2)12(16)8-3-4-9(14)11(15)10(8)13/h3-4,7,12H,5-6,16H2,1-2H3. The lowest BCUT2D eigenvalue weighted by atomic mass is 9.93. The Morgan fingerprint density at radius 1 is 1.41 bits per heavy atom. The van der Waals surface area contributed by atoms with E-state index in [0.29, 0.717) is 12.2 Å². The molecule has 0 aromatic heterocycles. The van der Waals surface area contributed by atoms with Gasteiger partial charge < -0.3 is 10.5 Å². The highest BCUT2D eigenvalue weighted by Gasteiger charge is 2.20. The maximum absolute atomic E-state index is 13.4. The Morgan fingerprint density at radius 2 is 2.06 bits per heavy atom. The molecule has 0 radical (unpaired) electrons. The van der Waals surface area contributed by atoms with Gasteiger partial charge in [-0.05, 0) is 39.9 Å². The normalized spacial score (nSPS) is 14.7. The molecule has 0 saturated carbocycles. The van der Waals surface area contributed by atoms with Crippen LogP contribution in [0.5, 0.6) is 0 Å². The summed E-state index contributed by atoms with van der Waals surface area (Å²) in [6.07, 6.45) is 0.767. The fourth-order valence-electron chi connectivity index (χ4n) is 1.59. The van der Waals surface area contributed by atoms with E-state index in [-0.39, 0.29) is 16.4 Å². The molecule has 0 aliphatic carbocycles. The highest BCUT2D eigenvalue weighted by molar-refractivity contribution is 9.10. The molecule has 0 bridgehead atoms. The number of benzene rings is 1. The highest BCUT2D eigenvalue weighted by atomic mass is 79.9. The molecule has 1 rings (SSSR count). The second-order valence-electron chi connectivity index (χ2n) is 4.05. The fourth-order valence-corrected chi connectivity index (χ4v) is 2.17. The minimum Gasteiger partial charge on any atom is -0.385 e. The Balaban J connectivity index is 2.89. The molecule has 5 heteroatoms. The number of ether oxygens (including phenoxy) is 1. The first kappa shape index (κ1) is 14.5. The summed E-state index contributed by atoms with van der Waals surface area (Å²) in [7, 11) is 1.62. The Morgan fingerprint density at radius 3 is 2.65 bits per heavy atom. The molecule has 2 N–H and O–H groups in total. The van der Waals surface area contributed by atoms with Gasteiger partial charge in [-0.2, -0.15) is 0 Å². The summed E-state index contributed by atoms with van der Waals surface area (Å²) >= 11 is 3.04. The van der Waals surface area contributed by atoms with Crippen LogP contribution in [0.4, 0.5) is 8.78 Å². The van der Waals surface area contributed by atoms with E-state index in [2.05, 4.69) is 15.9 Å². The van der Waals surface area contributed by atoms with Gasteiger partial charge in [-0.1, -0.05) is 13.0 Å². The zero-order chi connectivity index (χ0) is 13.0. The van der Waals surface area contributed by atoms with Crippen LogP contribution in [0.15, 0.2) is 16.6 Å². The molecule has 0 fully saturated rings. The smallest absolute Gasteiger partial charge is 0.173 e. The molecule has 2 nitrogen and oxygen atoms in total. The number of rotatable bonds is 5. The van der Waals surface area contributed by atoms with Crippen LogP contribution in [-0.4, -0.2) is 13.7 Å². The first-order valence-corrected chi connectivity index (χ1v) is 6.16. The summed E-state index contributed by atoms with van der Waals surface area (Å²) in [5.74, 6) is -1.65. The van der Waals surface area contributed by atoms with Gasteiger partial charge in [0.25, 0.3) is 0 Å². The van der Waals surface area contributed by atoms with Crippen molar-refractivity contribution >= 4 is 15.9 Å². The Hall–Kier alpha value is -0.520. The van der Waals surface area contributed by atoms with Gasteiger partial charge >= 0.3 is 0 Å². The van der Waals surface area contributed by atoms with E-state index < -0.39 is 11.6 Å². The number of hydrogen-bond acceptors (Lipinski definition) is 2. The van der Waals surface area contributed by atoms with E-state index in [0.717, 1.165) is 12.5 Å². The van der Waals surface area contributed by atoms with Crippen LogP contribution < -0.4 is 5.73 Å². The summed E-state index contributed by atoms with van der Waals surface area (Å²) in [5, 5.41) is 0. The lowest BCUT2D eigenvalue weighted by Gasteiger charge is -2.21. The van der Waals surface area contributed by atoms with Crippen LogP contribution in [0, 0.1) is 17.6 Å². The average Bonchev–Trinajstić information content (AvgIpc) is 2.32. The molecule has 96 valence electrons. The zero-order valence-corrected chi connectivity index (χ0v) is 11.4. The van der Waals surface area contributed by atoms with E-state index in [1.54, 1.807) is 7.11 Å². The maximum Gasteiger partial charge on any atom is 0.173 e. The molecule has 0 amide bonds. The van der Waals surface area contributed by atoms with Gasteiger partial charge in [0.1, 0.15) is 0 Å². The van der Waals surface area contributed by atoms with Gasteiger partial charge in [0.15, 0.2) is 11.6 Å². The van der Waals surface area contributed by atoms with Crippen molar-refractivity contribution in [3.05, 3.63) is 33.8 Å². The minimum atomic E-state index is -0.892. The van der Waals surface area contributed by atoms with E-state index >= 15 is 0 Å². The topological polar surface area (TPSA) is 35.2 Å². The number of methoxy groups -OCH3 is 1. The van der Waals surface area contributed by atoms with Crippen molar-refractivity contribution in [2.75, 3.05) is 13.7 Å². The molecule has 17 heavy (non-hydrogen) atoms. The van der Waals surface area contributed by atoms with Gasteiger partial charge in [-0.3, -0.25) is 0 Å². The third-order valence-electron chi connectivity index (χ3n) is 2.81. The van der Waals surface area contributed by atoms with Gasteiger partial charge in [0, 0.05) is 19.8 Å². The number of halogens is 3.